The highest BCUT2D eigenvalue weighted by atomic mass is 16.4. The third-order valence-electron chi connectivity index (χ3n) is 4.81. The van der Waals surface area contributed by atoms with Crippen molar-refractivity contribution in [3.05, 3.63) is 0 Å². The van der Waals surface area contributed by atoms with Crippen LogP contribution in [0.15, 0.2) is 0 Å². The fourth-order valence-corrected chi connectivity index (χ4v) is 3.13. The molecule has 0 aromatic carbocycles. The number of unbranched alkanes of at least 4 members (excludes halogenated alkanes) is 9. The highest BCUT2D eigenvalue weighted by Gasteiger charge is 2.47. The van der Waals surface area contributed by atoms with Gasteiger partial charge in [-0.15, -0.1) is 0 Å². The molecule has 7 nitrogen and oxygen atoms in total. The van der Waals surface area contributed by atoms with Gasteiger partial charge in [-0.1, -0.05) is 71.1 Å². The highest BCUT2D eigenvalue weighted by Crippen LogP contribution is 2.29. The van der Waals surface area contributed by atoms with Gasteiger partial charge in [0.15, 0.2) is 5.60 Å². The second-order valence-electron chi connectivity index (χ2n) is 6.98. The second-order valence-corrected chi connectivity index (χ2v) is 6.98. The molecule has 152 valence electrons. The number of carbonyl (C=O) groups is 3. The first-order valence-corrected chi connectivity index (χ1v) is 9.66. The molecule has 4 N–H and O–H groups in total. The monoisotopic (exact) mass is 374 g/mol. The summed E-state index contributed by atoms with van der Waals surface area (Å²) in [5.41, 5.74) is -2.55. The average molecular weight is 374 g/mol. The molecule has 0 spiro atoms. The predicted molar refractivity (Wildman–Crippen MR) is 97.0 cm³/mol. The molecule has 0 aromatic heterocycles. The molecule has 0 aliphatic carbocycles. The van der Waals surface area contributed by atoms with Crippen LogP contribution in [-0.4, -0.2) is 43.9 Å². The molecule has 0 aromatic rings. The van der Waals surface area contributed by atoms with Gasteiger partial charge in [-0.2, -0.15) is 0 Å². The number of rotatable bonds is 17. The quantitative estimate of drug-likeness (QED) is 0.285. The summed E-state index contributed by atoms with van der Waals surface area (Å²) in [4.78, 5) is 33.4. The number of carboxylic acid groups (broad SMARTS) is 3. The maximum atomic E-state index is 11.4. The van der Waals surface area contributed by atoms with E-state index in [0.29, 0.717) is 6.42 Å². The van der Waals surface area contributed by atoms with E-state index in [1.165, 1.54) is 32.1 Å². The Bertz CT molecular complexity index is 436. The van der Waals surface area contributed by atoms with Gasteiger partial charge < -0.3 is 20.4 Å². The third kappa shape index (κ3) is 9.75. The minimum Gasteiger partial charge on any atom is -0.481 e. The topological polar surface area (TPSA) is 132 Å². The van der Waals surface area contributed by atoms with Crippen molar-refractivity contribution in [2.24, 2.45) is 5.92 Å². The first-order chi connectivity index (χ1) is 12.3. The zero-order chi connectivity index (χ0) is 20.0. The molecular weight excluding hydrogens is 340 g/mol. The molecular formula is C19H34O7. The summed E-state index contributed by atoms with van der Waals surface area (Å²) < 4.78 is 0. The first-order valence-electron chi connectivity index (χ1n) is 9.66. The van der Waals surface area contributed by atoms with Crippen LogP contribution in [0.1, 0.15) is 90.4 Å². The summed E-state index contributed by atoms with van der Waals surface area (Å²) in [6, 6.07) is 0. The Hall–Kier alpha value is -1.63. The van der Waals surface area contributed by atoms with Crippen molar-refractivity contribution in [1.29, 1.82) is 0 Å². The largest absolute Gasteiger partial charge is 0.481 e. The Morgan fingerprint density at radius 2 is 1.27 bits per heavy atom. The lowest BCUT2D eigenvalue weighted by molar-refractivity contribution is -0.176. The SMILES string of the molecule is CCCCCCCCCCCCC(C(=O)O)C(O)(CCC(=O)O)C(=O)O. The smallest absolute Gasteiger partial charge is 0.336 e. The van der Waals surface area contributed by atoms with Crippen LogP contribution >= 0.6 is 0 Å². The molecule has 0 aliphatic heterocycles. The van der Waals surface area contributed by atoms with Crippen molar-refractivity contribution in [3.8, 4) is 0 Å². The molecule has 7 heteroatoms. The predicted octanol–water partition coefficient (Wildman–Crippen LogP) is 3.68. The van der Waals surface area contributed by atoms with Crippen LogP contribution in [0.5, 0.6) is 0 Å². The molecule has 0 rings (SSSR count). The molecule has 0 saturated carbocycles. The van der Waals surface area contributed by atoms with Gasteiger partial charge >= 0.3 is 17.9 Å². The summed E-state index contributed by atoms with van der Waals surface area (Å²) in [5.74, 6) is -5.87. The lowest BCUT2D eigenvalue weighted by Gasteiger charge is -2.29. The summed E-state index contributed by atoms with van der Waals surface area (Å²) in [7, 11) is 0. The maximum Gasteiger partial charge on any atom is 0.336 e. The third-order valence-corrected chi connectivity index (χ3v) is 4.81. The molecule has 0 radical (unpaired) electrons. The van der Waals surface area contributed by atoms with Gasteiger partial charge in [0, 0.05) is 6.42 Å². The molecule has 0 heterocycles. The number of aliphatic hydroxyl groups is 1. The van der Waals surface area contributed by atoms with E-state index in [1.807, 2.05) is 0 Å². The van der Waals surface area contributed by atoms with Gasteiger partial charge in [0.05, 0.1) is 5.92 Å². The summed E-state index contributed by atoms with van der Waals surface area (Å²) >= 11 is 0. The number of carboxylic acids is 3. The van der Waals surface area contributed by atoms with Gasteiger partial charge in [-0.05, 0) is 12.8 Å². The van der Waals surface area contributed by atoms with E-state index < -0.39 is 42.3 Å². The lowest BCUT2D eigenvalue weighted by Crippen LogP contribution is -2.49. The Kier molecular flexibility index (Phi) is 12.7. The van der Waals surface area contributed by atoms with Gasteiger partial charge in [0.2, 0.25) is 0 Å². The van der Waals surface area contributed by atoms with Crippen LogP contribution < -0.4 is 0 Å². The molecule has 2 atom stereocenters. The van der Waals surface area contributed by atoms with Crippen molar-refractivity contribution in [1.82, 2.24) is 0 Å². The number of hydrogen-bond acceptors (Lipinski definition) is 4. The first kappa shape index (κ1) is 24.4. The van der Waals surface area contributed by atoms with E-state index in [-0.39, 0.29) is 6.42 Å². The number of hydrogen-bond donors (Lipinski definition) is 4. The molecule has 0 amide bonds. The fourth-order valence-electron chi connectivity index (χ4n) is 3.13. The van der Waals surface area contributed by atoms with Crippen LogP contribution in [0.2, 0.25) is 0 Å². The van der Waals surface area contributed by atoms with Crippen molar-refractivity contribution < 1.29 is 34.8 Å². The summed E-state index contributed by atoms with van der Waals surface area (Å²) in [5, 5.41) is 37.5. The normalized spacial score (nSPS) is 14.5. The van der Waals surface area contributed by atoms with E-state index in [2.05, 4.69) is 6.92 Å². The van der Waals surface area contributed by atoms with Crippen molar-refractivity contribution in [3.63, 3.8) is 0 Å². The van der Waals surface area contributed by atoms with Crippen LogP contribution in [0.25, 0.3) is 0 Å². The average Bonchev–Trinajstić information content (AvgIpc) is 2.57. The summed E-state index contributed by atoms with van der Waals surface area (Å²) in [6.07, 6.45) is 9.42. The molecule has 0 aliphatic rings. The molecule has 0 fully saturated rings. The lowest BCUT2D eigenvalue weighted by atomic mass is 9.80. The zero-order valence-corrected chi connectivity index (χ0v) is 15.8. The van der Waals surface area contributed by atoms with E-state index in [0.717, 1.165) is 25.7 Å². The van der Waals surface area contributed by atoms with Crippen LogP contribution in [0.4, 0.5) is 0 Å². The van der Waals surface area contributed by atoms with Gasteiger partial charge in [-0.25, -0.2) is 4.79 Å². The Labute approximate surface area is 155 Å². The second kappa shape index (κ2) is 13.6. The fraction of sp³-hybridized carbons (Fsp3) is 0.842. The van der Waals surface area contributed by atoms with Crippen LogP contribution in [-0.2, 0) is 14.4 Å². The molecule has 0 bridgehead atoms. The maximum absolute atomic E-state index is 11.4. The standard InChI is InChI=1S/C19H34O7/c1-2-3-4-5-6-7-8-9-10-11-12-15(17(22)23)19(26,18(24)25)14-13-16(20)21/h15,26H,2-14H2,1H3,(H,20,21)(H,22,23)(H,24,25). The molecule has 26 heavy (non-hydrogen) atoms. The zero-order valence-electron chi connectivity index (χ0n) is 15.8. The molecule has 2 unspecified atom stereocenters. The van der Waals surface area contributed by atoms with Crippen molar-refractivity contribution in [2.45, 2.75) is 96.0 Å². The van der Waals surface area contributed by atoms with Crippen molar-refractivity contribution >= 4 is 17.9 Å². The Balaban J connectivity index is 4.27. The van der Waals surface area contributed by atoms with E-state index in [4.69, 9.17) is 5.11 Å². The number of aliphatic carboxylic acids is 3. The van der Waals surface area contributed by atoms with Crippen LogP contribution in [0, 0.1) is 5.92 Å². The van der Waals surface area contributed by atoms with Crippen LogP contribution in [0.3, 0.4) is 0 Å². The molecule has 0 saturated heterocycles. The van der Waals surface area contributed by atoms with E-state index >= 15 is 0 Å². The van der Waals surface area contributed by atoms with Crippen molar-refractivity contribution in [2.75, 3.05) is 0 Å². The van der Waals surface area contributed by atoms with E-state index in [9.17, 15) is 29.7 Å². The summed E-state index contributed by atoms with van der Waals surface area (Å²) in [6.45, 7) is 2.18. The minimum atomic E-state index is -2.55. The van der Waals surface area contributed by atoms with Gasteiger partial charge in [0.1, 0.15) is 0 Å². The Morgan fingerprint density at radius 3 is 1.65 bits per heavy atom. The van der Waals surface area contributed by atoms with Gasteiger partial charge in [0.25, 0.3) is 0 Å². The van der Waals surface area contributed by atoms with Gasteiger partial charge in [-0.3, -0.25) is 9.59 Å². The van der Waals surface area contributed by atoms with E-state index in [1.54, 1.807) is 0 Å². The Morgan fingerprint density at radius 1 is 0.808 bits per heavy atom. The highest BCUT2D eigenvalue weighted by molar-refractivity contribution is 5.86. The minimum absolute atomic E-state index is 0.0221.